The highest BCUT2D eigenvalue weighted by molar-refractivity contribution is 5.96. The molecule has 4 heteroatoms. The highest BCUT2D eigenvalue weighted by Crippen LogP contribution is 2.17. The maximum Gasteiger partial charge on any atom is 0.255 e. The second-order valence-corrected chi connectivity index (χ2v) is 3.44. The van der Waals surface area contributed by atoms with Crippen LogP contribution in [0.2, 0.25) is 0 Å². The Kier molecular flexibility index (Phi) is 3.90. The molecule has 0 fully saturated rings. The Morgan fingerprint density at radius 2 is 2.38 bits per heavy atom. The lowest BCUT2D eigenvalue weighted by Crippen LogP contribution is -2.32. The van der Waals surface area contributed by atoms with Crippen molar-refractivity contribution in [3.05, 3.63) is 29.6 Å². The van der Waals surface area contributed by atoms with Crippen LogP contribution in [-0.4, -0.2) is 17.1 Å². The molecule has 1 aromatic carbocycles. The Hall–Kier alpha value is -2.02. The molecule has 2 N–H and O–H groups in total. The normalized spacial score (nSPS) is 11.6. The quantitative estimate of drug-likeness (QED) is 0.763. The van der Waals surface area contributed by atoms with Gasteiger partial charge in [0.2, 0.25) is 0 Å². The molecule has 1 atom stereocenters. The fourth-order valence-electron chi connectivity index (χ4n) is 1.22. The lowest BCUT2D eigenvalue weighted by Gasteiger charge is -2.11. The van der Waals surface area contributed by atoms with E-state index in [1.807, 2.05) is 0 Å². The Morgan fingerprint density at radius 1 is 1.69 bits per heavy atom. The molecule has 0 saturated heterocycles. The number of rotatable bonds is 3. The summed E-state index contributed by atoms with van der Waals surface area (Å²) in [5, 5.41) is 11.9. The van der Waals surface area contributed by atoms with Crippen molar-refractivity contribution >= 4 is 5.91 Å². The number of phenolic OH excluding ortho intramolecular Hbond substituents is 1. The Labute approximate surface area is 93.3 Å². The first kappa shape index (κ1) is 12.1. The van der Waals surface area contributed by atoms with Gasteiger partial charge in [-0.15, -0.1) is 12.3 Å². The third-order valence-corrected chi connectivity index (χ3v) is 2.00. The van der Waals surface area contributed by atoms with Gasteiger partial charge in [-0.3, -0.25) is 4.79 Å². The average molecular weight is 221 g/mol. The number of nitrogens with one attached hydrogen (secondary N) is 1. The van der Waals surface area contributed by atoms with Crippen LogP contribution in [0, 0.1) is 18.2 Å². The number of hydrogen-bond donors (Lipinski definition) is 2. The van der Waals surface area contributed by atoms with E-state index in [0.717, 1.165) is 18.2 Å². The molecular weight excluding hydrogens is 209 g/mol. The predicted molar refractivity (Wildman–Crippen MR) is 58.4 cm³/mol. The molecular formula is C12H12FNO2. The van der Waals surface area contributed by atoms with E-state index >= 15 is 0 Å². The van der Waals surface area contributed by atoms with E-state index in [-0.39, 0.29) is 17.4 Å². The number of amides is 1. The second kappa shape index (κ2) is 5.17. The Balaban J connectivity index is 2.81. The number of hydrogen-bond acceptors (Lipinski definition) is 2. The Morgan fingerprint density at radius 3 is 3.00 bits per heavy atom. The van der Waals surface area contributed by atoms with Crippen molar-refractivity contribution in [2.75, 3.05) is 0 Å². The standard InChI is InChI=1S/C12H12FNO2/c1-3-4-8(2)14-12(16)10-7-9(13)5-6-11(10)15/h1,5-8,15H,4H2,2H3,(H,14,16). The van der Waals surface area contributed by atoms with Gasteiger partial charge >= 0.3 is 0 Å². The van der Waals surface area contributed by atoms with E-state index in [1.54, 1.807) is 6.92 Å². The molecule has 84 valence electrons. The van der Waals surface area contributed by atoms with Crippen molar-refractivity contribution in [3.8, 4) is 18.1 Å². The van der Waals surface area contributed by atoms with Gasteiger partial charge in [0.05, 0.1) is 5.56 Å². The van der Waals surface area contributed by atoms with E-state index in [9.17, 15) is 14.3 Å². The number of carbonyl (C=O) groups is 1. The van der Waals surface area contributed by atoms with Gasteiger partial charge in [0.15, 0.2) is 0 Å². The first-order valence-corrected chi connectivity index (χ1v) is 4.77. The molecule has 0 spiro atoms. The van der Waals surface area contributed by atoms with Crippen LogP contribution in [0.25, 0.3) is 0 Å². The summed E-state index contributed by atoms with van der Waals surface area (Å²) in [6, 6.07) is 2.97. The largest absolute Gasteiger partial charge is 0.507 e. The minimum absolute atomic E-state index is 0.0936. The van der Waals surface area contributed by atoms with E-state index in [1.165, 1.54) is 0 Å². The van der Waals surface area contributed by atoms with Crippen LogP contribution in [0.3, 0.4) is 0 Å². The lowest BCUT2D eigenvalue weighted by molar-refractivity contribution is 0.0937. The third-order valence-electron chi connectivity index (χ3n) is 2.00. The number of terminal acetylenes is 1. The monoisotopic (exact) mass is 221 g/mol. The number of phenols is 1. The van der Waals surface area contributed by atoms with Gasteiger partial charge in [-0.05, 0) is 25.1 Å². The summed E-state index contributed by atoms with van der Waals surface area (Å²) in [5.41, 5.74) is -0.0936. The van der Waals surface area contributed by atoms with Crippen LogP contribution < -0.4 is 5.32 Å². The van der Waals surface area contributed by atoms with Gasteiger partial charge in [0.25, 0.3) is 5.91 Å². The highest BCUT2D eigenvalue weighted by atomic mass is 19.1. The predicted octanol–water partition coefficient (Wildman–Crippen LogP) is 1.67. The minimum atomic E-state index is -0.576. The summed E-state index contributed by atoms with van der Waals surface area (Å²) >= 11 is 0. The molecule has 0 bridgehead atoms. The van der Waals surface area contributed by atoms with Crippen molar-refractivity contribution in [1.29, 1.82) is 0 Å². The van der Waals surface area contributed by atoms with Gasteiger partial charge < -0.3 is 10.4 Å². The van der Waals surface area contributed by atoms with E-state index in [4.69, 9.17) is 6.42 Å². The van der Waals surface area contributed by atoms with Crippen molar-refractivity contribution < 1.29 is 14.3 Å². The first-order valence-electron chi connectivity index (χ1n) is 4.77. The summed E-state index contributed by atoms with van der Waals surface area (Å²) in [4.78, 5) is 11.6. The molecule has 0 aliphatic rings. The van der Waals surface area contributed by atoms with Gasteiger partial charge in [0.1, 0.15) is 11.6 Å². The number of carbonyl (C=O) groups excluding carboxylic acids is 1. The molecule has 16 heavy (non-hydrogen) atoms. The van der Waals surface area contributed by atoms with Crippen molar-refractivity contribution in [2.24, 2.45) is 0 Å². The van der Waals surface area contributed by atoms with Crippen LogP contribution >= 0.6 is 0 Å². The van der Waals surface area contributed by atoms with E-state index < -0.39 is 11.7 Å². The summed E-state index contributed by atoms with van der Waals surface area (Å²) in [6.45, 7) is 1.73. The molecule has 0 saturated carbocycles. The lowest BCUT2D eigenvalue weighted by atomic mass is 10.1. The second-order valence-electron chi connectivity index (χ2n) is 3.44. The molecule has 1 rings (SSSR count). The third kappa shape index (κ3) is 2.99. The van der Waals surface area contributed by atoms with Crippen LogP contribution in [0.15, 0.2) is 18.2 Å². The zero-order valence-electron chi connectivity index (χ0n) is 8.83. The maximum atomic E-state index is 12.9. The molecule has 3 nitrogen and oxygen atoms in total. The molecule has 0 aromatic heterocycles. The van der Waals surface area contributed by atoms with Crippen LogP contribution in [-0.2, 0) is 0 Å². The smallest absolute Gasteiger partial charge is 0.255 e. The van der Waals surface area contributed by atoms with Crippen LogP contribution in [0.5, 0.6) is 5.75 Å². The van der Waals surface area contributed by atoms with Crippen LogP contribution in [0.4, 0.5) is 4.39 Å². The zero-order chi connectivity index (χ0) is 12.1. The molecule has 1 unspecified atom stereocenters. The SMILES string of the molecule is C#CCC(C)NC(=O)c1cc(F)ccc1O. The van der Waals surface area contributed by atoms with Crippen molar-refractivity contribution in [1.82, 2.24) is 5.32 Å². The Bertz CT molecular complexity index is 437. The zero-order valence-corrected chi connectivity index (χ0v) is 8.83. The van der Waals surface area contributed by atoms with Crippen molar-refractivity contribution in [3.63, 3.8) is 0 Å². The highest BCUT2D eigenvalue weighted by Gasteiger charge is 2.13. The van der Waals surface area contributed by atoms with Crippen LogP contribution in [0.1, 0.15) is 23.7 Å². The fourth-order valence-corrected chi connectivity index (χ4v) is 1.22. The minimum Gasteiger partial charge on any atom is -0.507 e. The molecule has 0 aliphatic heterocycles. The first-order chi connectivity index (χ1) is 7.54. The van der Waals surface area contributed by atoms with Gasteiger partial charge in [-0.25, -0.2) is 4.39 Å². The topological polar surface area (TPSA) is 49.3 Å². The summed E-state index contributed by atoms with van der Waals surface area (Å²) in [5.74, 6) is 1.02. The van der Waals surface area contributed by atoms with Crippen molar-refractivity contribution in [2.45, 2.75) is 19.4 Å². The van der Waals surface area contributed by atoms with E-state index in [0.29, 0.717) is 6.42 Å². The fraction of sp³-hybridized carbons (Fsp3) is 0.250. The molecule has 1 aromatic rings. The number of halogens is 1. The van der Waals surface area contributed by atoms with Gasteiger partial charge in [-0.2, -0.15) is 0 Å². The molecule has 1 amide bonds. The summed E-state index contributed by atoms with van der Waals surface area (Å²) in [7, 11) is 0. The molecule has 0 heterocycles. The molecule has 0 aliphatic carbocycles. The average Bonchev–Trinajstić information content (AvgIpc) is 2.21. The van der Waals surface area contributed by atoms with Gasteiger partial charge in [-0.1, -0.05) is 0 Å². The summed E-state index contributed by atoms with van der Waals surface area (Å²) < 4.78 is 12.9. The maximum absolute atomic E-state index is 12.9. The number of benzene rings is 1. The van der Waals surface area contributed by atoms with Gasteiger partial charge in [0, 0.05) is 12.5 Å². The van der Waals surface area contributed by atoms with E-state index in [2.05, 4.69) is 11.2 Å². The number of aromatic hydroxyl groups is 1. The summed E-state index contributed by atoms with van der Waals surface area (Å²) in [6.07, 6.45) is 5.46. The molecule has 0 radical (unpaired) electrons.